The first-order valence-corrected chi connectivity index (χ1v) is 15.2. The van der Waals surface area contributed by atoms with Crippen molar-refractivity contribution in [1.82, 2.24) is 5.32 Å². The molecule has 0 unspecified atom stereocenters. The van der Waals surface area contributed by atoms with Crippen molar-refractivity contribution in [2.75, 3.05) is 6.54 Å². The third-order valence-corrected chi connectivity index (χ3v) is 8.00. The first kappa shape index (κ1) is 34.7. The molecule has 0 spiro atoms. The minimum absolute atomic E-state index is 0.0122. The summed E-state index contributed by atoms with van der Waals surface area (Å²) in [6.07, 6.45) is 7.52. The Balaban J connectivity index is 1.26. The van der Waals surface area contributed by atoms with Crippen LogP contribution in [-0.4, -0.2) is 57.1 Å². The van der Waals surface area contributed by atoms with Crippen molar-refractivity contribution < 1.29 is 39.6 Å². The molecule has 1 saturated carbocycles. The number of ether oxygens (including phenoxy) is 1. The maximum Gasteiger partial charge on any atom is 0.325 e. The first-order chi connectivity index (χ1) is 21.2. The molecule has 1 aliphatic carbocycles. The van der Waals surface area contributed by atoms with Gasteiger partial charge in [0.1, 0.15) is 19.8 Å². The highest BCUT2D eigenvalue weighted by Crippen LogP contribution is 2.38. The van der Waals surface area contributed by atoms with Crippen LogP contribution in [0.5, 0.6) is 0 Å². The van der Waals surface area contributed by atoms with E-state index < -0.39 is 29.4 Å². The van der Waals surface area contributed by atoms with Gasteiger partial charge in [0.25, 0.3) is 5.09 Å². The summed E-state index contributed by atoms with van der Waals surface area (Å²) < 4.78 is 5.15. The summed E-state index contributed by atoms with van der Waals surface area (Å²) in [6, 6.07) is 16.7. The molecule has 1 aliphatic rings. The predicted octanol–water partition coefficient (Wildman–Crippen LogP) is 3.80. The maximum atomic E-state index is 12.1. The molecule has 4 N–H and O–H groups in total. The van der Waals surface area contributed by atoms with E-state index >= 15 is 0 Å². The lowest BCUT2D eigenvalue weighted by atomic mass is 9.85. The Labute approximate surface area is 258 Å². The molecule has 11 heteroatoms. The number of esters is 1. The van der Waals surface area contributed by atoms with Crippen molar-refractivity contribution >= 4 is 11.9 Å². The van der Waals surface area contributed by atoms with Crippen LogP contribution in [-0.2, 0) is 38.8 Å². The van der Waals surface area contributed by atoms with Crippen molar-refractivity contribution in [3.8, 4) is 0 Å². The monoisotopic (exact) mass is 612 g/mol. The van der Waals surface area contributed by atoms with Gasteiger partial charge in [0.15, 0.2) is 0 Å². The van der Waals surface area contributed by atoms with Gasteiger partial charge < -0.3 is 30.2 Å². The fourth-order valence-electron chi connectivity index (χ4n) is 5.50. The van der Waals surface area contributed by atoms with E-state index in [1.54, 1.807) is 24.3 Å². The number of carbonyl (C=O) groups is 2. The standard InChI is InChI=1S/C33H44N2O9/c36-27(17-16-24-8-4-3-5-9-24)18-19-29-28(30(37)20-31(29)38)10-6-1-2-7-11-32(39)34-21-33(40)43-22-25-12-14-26(15-13-25)23-44-35(41)42/h1,3-6,8-9,12-15,27-31,36-38H,2,7,10-11,16-23H2,(H,34,39)/t27-,28+,29+,30-,31+/m0/s1. The molecule has 0 aliphatic heterocycles. The molecule has 3 rings (SSSR count). The number of aliphatic hydroxyl groups excluding tert-OH is 3. The summed E-state index contributed by atoms with van der Waals surface area (Å²) in [5.74, 6) is -0.973. The summed E-state index contributed by atoms with van der Waals surface area (Å²) in [7, 11) is 0. The van der Waals surface area contributed by atoms with Gasteiger partial charge in [0.2, 0.25) is 5.91 Å². The van der Waals surface area contributed by atoms with E-state index in [0.29, 0.717) is 56.1 Å². The predicted molar refractivity (Wildman–Crippen MR) is 162 cm³/mol. The Hall–Kier alpha value is -3.80. The number of nitrogens with one attached hydrogen (secondary N) is 1. The Bertz CT molecular complexity index is 1190. The van der Waals surface area contributed by atoms with E-state index in [4.69, 9.17) is 4.74 Å². The second-order valence-electron chi connectivity index (χ2n) is 11.3. The van der Waals surface area contributed by atoms with Gasteiger partial charge in [-0.2, -0.15) is 0 Å². The van der Waals surface area contributed by atoms with Crippen LogP contribution >= 0.6 is 0 Å². The summed E-state index contributed by atoms with van der Waals surface area (Å²) in [6.45, 7) is -0.392. The average molecular weight is 613 g/mol. The Morgan fingerprint density at radius 2 is 1.64 bits per heavy atom. The van der Waals surface area contributed by atoms with Crippen molar-refractivity contribution in [3.05, 3.63) is 93.6 Å². The summed E-state index contributed by atoms with van der Waals surface area (Å²) in [5, 5.41) is 43.4. The molecule has 44 heavy (non-hydrogen) atoms. The van der Waals surface area contributed by atoms with Gasteiger partial charge in [-0.05, 0) is 79.9 Å². The van der Waals surface area contributed by atoms with Gasteiger partial charge in [-0.1, -0.05) is 66.7 Å². The van der Waals surface area contributed by atoms with Gasteiger partial charge in [-0.15, -0.1) is 10.1 Å². The van der Waals surface area contributed by atoms with Gasteiger partial charge in [0.05, 0.1) is 18.3 Å². The second kappa shape index (κ2) is 18.8. The molecule has 0 heterocycles. The molecular formula is C33H44N2O9. The van der Waals surface area contributed by atoms with Crippen LogP contribution in [0.2, 0.25) is 0 Å². The molecule has 2 aromatic rings. The number of allylic oxidation sites excluding steroid dienone is 2. The number of aryl methyl sites for hydroxylation is 1. The van der Waals surface area contributed by atoms with E-state index in [1.165, 1.54) is 5.56 Å². The lowest BCUT2D eigenvalue weighted by molar-refractivity contribution is -0.763. The highest BCUT2D eigenvalue weighted by molar-refractivity contribution is 5.81. The molecule has 1 fully saturated rings. The topological polar surface area (TPSA) is 168 Å². The van der Waals surface area contributed by atoms with E-state index in [-0.39, 0.29) is 43.9 Å². The third-order valence-electron chi connectivity index (χ3n) is 8.00. The minimum atomic E-state index is -0.865. The molecule has 0 radical (unpaired) electrons. The summed E-state index contributed by atoms with van der Waals surface area (Å²) in [5.41, 5.74) is 2.50. The van der Waals surface area contributed by atoms with E-state index in [1.807, 2.05) is 42.5 Å². The number of aliphatic hydroxyl groups is 3. The lowest BCUT2D eigenvalue weighted by Crippen LogP contribution is -2.30. The van der Waals surface area contributed by atoms with Gasteiger partial charge in [-0.25, -0.2) is 0 Å². The highest BCUT2D eigenvalue weighted by atomic mass is 16.9. The normalized spacial score (nSPS) is 20.3. The zero-order valence-corrected chi connectivity index (χ0v) is 25.0. The zero-order valence-electron chi connectivity index (χ0n) is 25.0. The molecule has 1 amide bonds. The molecule has 0 aromatic heterocycles. The van der Waals surface area contributed by atoms with Gasteiger partial charge in [0, 0.05) is 6.42 Å². The van der Waals surface area contributed by atoms with Crippen molar-refractivity contribution in [2.45, 2.75) is 89.3 Å². The molecule has 240 valence electrons. The first-order valence-electron chi connectivity index (χ1n) is 15.2. The van der Waals surface area contributed by atoms with Crippen LogP contribution in [0.3, 0.4) is 0 Å². The number of carbonyl (C=O) groups excluding carboxylic acids is 2. The SMILES string of the molecule is O=C(CCCC=CC[C@@H]1[C@@H](CC[C@@H](O)CCc2ccccc2)[C@H](O)C[C@@H]1O)NCC(=O)OCc1ccc(CO[N+](=O)[O-])cc1. The van der Waals surface area contributed by atoms with Crippen molar-refractivity contribution in [2.24, 2.45) is 11.8 Å². The van der Waals surface area contributed by atoms with Gasteiger partial charge in [-0.3, -0.25) is 9.59 Å². The molecule has 2 aromatic carbocycles. The third kappa shape index (κ3) is 12.8. The van der Waals surface area contributed by atoms with Crippen LogP contribution in [0.4, 0.5) is 0 Å². The molecule has 5 atom stereocenters. The van der Waals surface area contributed by atoms with Gasteiger partial charge >= 0.3 is 5.97 Å². The highest BCUT2D eigenvalue weighted by Gasteiger charge is 2.40. The fourth-order valence-corrected chi connectivity index (χ4v) is 5.50. The van der Waals surface area contributed by atoms with Crippen LogP contribution in [0, 0.1) is 22.0 Å². The largest absolute Gasteiger partial charge is 0.460 e. The van der Waals surface area contributed by atoms with Crippen LogP contribution in [0.15, 0.2) is 66.7 Å². The Morgan fingerprint density at radius 1 is 0.955 bits per heavy atom. The zero-order chi connectivity index (χ0) is 31.7. The maximum absolute atomic E-state index is 12.1. The number of benzene rings is 2. The smallest absolute Gasteiger partial charge is 0.325 e. The number of nitrogens with zero attached hydrogens (tertiary/aromatic N) is 1. The molecule has 0 bridgehead atoms. The quantitative estimate of drug-likeness (QED) is 0.0606. The Morgan fingerprint density at radius 3 is 2.34 bits per heavy atom. The molecule has 11 nitrogen and oxygen atoms in total. The van der Waals surface area contributed by atoms with Crippen LogP contribution < -0.4 is 5.32 Å². The lowest BCUT2D eigenvalue weighted by Gasteiger charge is -2.23. The minimum Gasteiger partial charge on any atom is -0.460 e. The Kier molecular flexibility index (Phi) is 14.8. The second-order valence-corrected chi connectivity index (χ2v) is 11.3. The number of hydrogen-bond donors (Lipinski definition) is 4. The molecular weight excluding hydrogens is 568 g/mol. The number of hydrogen-bond acceptors (Lipinski definition) is 9. The number of unbranched alkanes of at least 4 members (excludes halogenated alkanes) is 1. The average Bonchev–Trinajstić information content (AvgIpc) is 3.29. The van der Waals surface area contributed by atoms with E-state index in [2.05, 4.69) is 10.2 Å². The van der Waals surface area contributed by atoms with E-state index in [0.717, 1.165) is 6.42 Å². The van der Waals surface area contributed by atoms with Crippen LogP contribution in [0.25, 0.3) is 0 Å². The summed E-state index contributed by atoms with van der Waals surface area (Å²) >= 11 is 0. The van der Waals surface area contributed by atoms with Crippen LogP contribution in [0.1, 0.15) is 68.1 Å². The number of rotatable bonds is 19. The fraction of sp³-hybridized carbons (Fsp3) is 0.515. The summed E-state index contributed by atoms with van der Waals surface area (Å²) in [4.78, 5) is 38.6. The van der Waals surface area contributed by atoms with E-state index in [9.17, 15) is 35.0 Å². The number of amides is 1. The van der Waals surface area contributed by atoms with Crippen molar-refractivity contribution in [1.29, 1.82) is 0 Å². The van der Waals surface area contributed by atoms with Crippen molar-refractivity contribution in [3.63, 3.8) is 0 Å². The molecule has 0 saturated heterocycles.